The van der Waals surface area contributed by atoms with Crippen LogP contribution in [0.2, 0.25) is 0 Å². The normalized spacial score (nSPS) is 16.3. The van der Waals surface area contributed by atoms with Crippen LogP contribution in [0.15, 0.2) is 78.9 Å². The van der Waals surface area contributed by atoms with Gasteiger partial charge in [-0.2, -0.15) is 0 Å². The Morgan fingerprint density at radius 2 is 1.24 bits per heavy atom. The first-order valence-electron chi connectivity index (χ1n) is 13.4. The quantitative estimate of drug-likeness (QED) is 0.145. The molecule has 0 aromatic heterocycles. The topological polar surface area (TPSA) is 168 Å². The zero-order chi connectivity index (χ0) is 30.1. The van der Waals surface area contributed by atoms with E-state index in [2.05, 4.69) is 5.32 Å². The molecule has 1 fully saturated rings. The molecule has 0 heterocycles. The lowest BCUT2D eigenvalue weighted by Crippen LogP contribution is -2.49. The first-order valence-corrected chi connectivity index (χ1v) is 13.4. The number of nitro benzene ring substituents is 2. The lowest BCUT2D eigenvalue weighted by atomic mass is 9.76. The maximum absolute atomic E-state index is 13.4. The number of nitrogens with zero attached hydrogens (tertiary/aromatic N) is 2. The summed E-state index contributed by atoms with van der Waals surface area (Å²) in [6.07, 6.45) is 2.16. The fourth-order valence-electron chi connectivity index (χ4n) is 5.01. The minimum Gasteiger partial charge on any atom is -0.460 e. The first-order chi connectivity index (χ1) is 20.2. The number of hydrogen-bond acceptors (Lipinski definition) is 9. The molecule has 0 spiro atoms. The number of carbonyl (C=O) groups is 3. The first kappa shape index (κ1) is 29.8. The smallest absolute Gasteiger partial charge is 0.321 e. The summed E-state index contributed by atoms with van der Waals surface area (Å²) in [5.41, 5.74) is -0.0519. The van der Waals surface area contributed by atoms with Gasteiger partial charge >= 0.3 is 11.9 Å². The van der Waals surface area contributed by atoms with E-state index in [1.54, 1.807) is 48.5 Å². The molecule has 4 rings (SSSR count). The maximum atomic E-state index is 13.4. The van der Waals surface area contributed by atoms with E-state index in [4.69, 9.17) is 9.47 Å². The van der Waals surface area contributed by atoms with Gasteiger partial charge < -0.3 is 14.8 Å². The van der Waals surface area contributed by atoms with Crippen molar-refractivity contribution in [2.75, 3.05) is 0 Å². The Balaban J connectivity index is 1.57. The molecular weight excluding hydrogens is 546 g/mol. The average molecular weight is 576 g/mol. The number of hydrogen-bond donors (Lipinski definition) is 1. The third-order valence-electron chi connectivity index (χ3n) is 7.11. The predicted octanol–water partition coefficient (Wildman–Crippen LogP) is 4.89. The highest BCUT2D eigenvalue weighted by Crippen LogP contribution is 2.33. The van der Waals surface area contributed by atoms with Crippen LogP contribution in [0.1, 0.15) is 47.2 Å². The van der Waals surface area contributed by atoms with E-state index < -0.39 is 56.9 Å². The molecule has 1 aliphatic rings. The second-order valence-corrected chi connectivity index (χ2v) is 9.94. The summed E-state index contributed by atoms with van der Waals surface area (Å²) in [7, 11) is 0. The van der Waals surface area contributed by atoms with Crippen LogP contribution in [-0.4, -0.2) is 33.7 Å². The van der Waals surface area contributed by atoms with Crippen LogP contribution in [0.25, 0.3) is 0 Å². The summed E-state index contributed by atoms with van der Waals surface area (Å²) in [5.74, 6) is -4.46. The van der Waals surface area contributed by atoms with Crippen molar-refractivity contribution < 1.29 is 33.7 Å². The van der Waals surface area contributed by atoms with Crippen molar-refractivity contribution in [1.82, 2.24) is 5.32 Å². The second-order valence-electron chi connectivity index (χ2n) is 9.94. The predicted molar refractivity (Wildman–Crippen MR) is 149 cm³/mol. The number of esters is 2. The van der Waals surface area contributed by atoms with Gasteiger partial charge in [0.25, 0.3) is 17.3 Å². The standard InChI is InChI=1S/C30H29N3O9/c34-28(22-15-23(32(37)38)17-24(16-22)33(39)40)31-26-14-8-7-13-25(26)27(29(35)41-18-20-9-3-1-4-10-20)30(36)42-19-21-11-5-2-6-12-21/h1-6,9-12,15-17,25-27H,7-8,13-14,18-19H2,(H,31,34)/t25-,26-/m1/s1. The lowest BCUT2D eigenvalue weighted by Gasteiger charge is -2.35. The van der Waals surface area contributed by atoms with Gasteiger partial charge in [0, 0.05) is 24.1 Å². The van der Waals surface area contributed by atoms with Gasteiger partial charge in [-0.3, -0.25) is 34.6 Å². The summed E-state index contributed by atoms with van der Waals surface area (Å²) >= 11 is 0. The number of amides is 1. The minimum absolute atomic E-state index is 0.0662. The molecule has 12 heteroatoms. The Kier molecular flexibility index (Phi) is 9.93. The molecule has 1 N–H and O–H groups in total. The summed E-state index contributed by atoms with van der Waals surface area (Å²) in [6.45, 7) is -0.132. The van der Waals surface area contributed by atoms with Crippen LogP contribution in [0.5, 0.6) is 0 Å². The van der Waals surface area contributed by atoms with Crippen molar-refractivity contribution in [1.29, 1.82) is 0 Å². The number of ether oxygens (including phenoxy) is 2. The summed E-state index contributed by atoms with van der Waals surface area (Å²) < 4.78 is 11.1. The van der Waals surface area contributed by atoms with E-state index in [9.17, 15) is 34.6 Å². The van der Waals surface area contributed by atoms with E-state index in [1.165, 1.54) is 0 Å². The molecule has 1 saturated carbocycles. The van der Waals surface area contributed by atoms with Crippen molar-refractivity contribution >= 4 is 29.2 Å². The van der Waals surface area contributed by atoms with Gasteiger partial charge in [-0.15, -0.1) is 0 Å². The third-order valence-corrected chi connectivity index (χ3v) is 7.11. The number of benzene rings is 3. The molecule has 0 unspecified atom stereocenters. The van der Waals surface area contributed by atoms with E-state index >= 15 is 0 Å². The lowest BCUT2D eigenvalue weighted by molar-refractivity contribution is -0.394. The molecule has 1 aliphatic carbocycles. The van der Waals surface area contributed by atoms with Crippen molar-refractivity contribution in [2.45, 2.75) is 44.9 Å². The van der Waals surface area contributed by atoms with E-state index in [-0.39, 0.29) is 18.8 Å². The molecule has 218 valence electrons. The monoisotopic (exact) mass is 575 g/mol. The van der Waals surface area contributed by atoms with Crippen molar-refractivity contribution in [2.24, 2.45) is 11.8 Å². The molecule has 0 radical (unpaired) electrons. The maximum Gasteiger partial charge on any atom is 0.321 e. The van der Waals surface area contributed by atoms with E-state index in [0.29, 0.717) is 25.7 Å². The number of carbonyl (C=O) groups excluding carboxylic acids is 3. The average Bonchev–Trinajstić information content (AvgIpc) is 3.00. The van der Waals surface area contributed by atoms with Gasteiger partial charge in [-0.05, 0) is 24.0 Å². The van der Waals surface area contributed by atoms with Gasteiger partial charge in [-0.25, -0.2) is 0 Å². The number of nitro groups is 2. The Bertz CT molecular complexity index is 1360. The van der Waals surface area contributed by atoms with Gasteiger partial charge in [0.15, 0.2) is 5.92 Å². The van der Waals surface area contributed by atoms with Crippen LogP contribution in [0, 0.1) is 32.1 Å². The Morgan fingerprint density at radius 1 is 0.762 bits per heavy atom. The highest BCUT2D eigenvalue weighted by molar-refractivity contribution is 5.97. The Hall–Kier alpha value is -5.13. The zero-order valence-corrected chi connectivity index (χ0v) is 22.5. The Labute approximate surface area is 240 Å². The van der Waals surface area contributed by atoms with Gasteiger partial charge in [0.05, 0.1) is 21.5 Å². The molecule has 0 saturated heterocycles. The molecule has 0 aliphatic heterocycles. The fraction of sp³-hybridized carbons (Fsp3) is 0.300. The van der Waals surface area contributed by atoms with E-state index in [1.807, 2.05) is 12.1 Å². The zero-order valence-electron chi connectivity index (χ0n) is 22.5. The highest BCUT2D eigenvalue weighted by Gasteiger charge is 2.43. The summed E-state index contributed by atoms with van der Waals surface area (Å²) in [4.78, 5) is 61.0. The molecule has 0 bridgehead atoms. The number of non-ortho nitro benzene ring substituents is 2. The third kappa shape index (κ3) is 7.74. The minimum atomic E-state index is -1.36. The van der Waals surface area contributed by atoms with Crippen LogP contribution in [0.4, 0.5) is 11.4 Å². The van der Waals surface area contributed by atoms with Gasteiger partial charge in [0.1, 0.15) is 13.2 Å². The molecule has 1 amide bonds. The van der Waals surface area contributed by atoms with E-state index in [0.717, 1.165) is 29.3 Å². The van der Waals surface area contributed by atoms with Crippen LogP contribution in [0.3, 0.4) is 0 Å². The van der Waals surface area contributed by atoms with Gasteiger partial charge in [-0.1, -0.05) is 73.5 Å². The van der Waals surface area contributed by atoms with Crippen molar-refractivity contribution in [3.63, 3.8) is 0 Å². The largest absolute Gasteiger partial charge is 0.460 e. The van der Waals surface area contributed by atoms with Gasteiger partial charge in [0.2, 0.25) is 0 Å². The summed E-state index contributed by atoms with van der Waals surface area (Å²) in [5, 5.41) is 25.4. The summed E-state index contributed by atoms with van der Waals surface area (Å²) in [6, 6.07) is 19.9. The molecule has 2 atom stereocenters. The molecule has 3 aromatic rings. The fourth-order valence-corrected chi connectivity index (χ4v) is 5.01. The van der Waals surface area contributed by atoms with Crippen LogP contribution >= 0.6 is 0 Å². The second kappa shape index (κ2) is 14.0. The highest BCUT2D eigenvalue weighted by atomic mass is 16.6. The van der Waals surface area contributed by atoms with Crippen LogP contribution in [-0.2, 0) is 32.3 Å². The number of nitrogens with one attached hydrogen (secondary N) is 1. The number of rotatable bonds is 11. The molecular formula is C30H29N3O9. The molecule has 12 nitrogen and oxygen atoms in total. The molecule has 3 aromatic carbocycles. The van der Waals surface area contributed by atoms with Crippen molar-refractivity contribution in [3.8, 4) is 0 Å². The molecule has 42 heavy (non-hydrogen) atoms. The van der Waals surface area contributed by atoms with Crippen molar-refractivity contribution in [3.05, 3.63) is 116 Å². The SMILES string of the molecule is O=C(N[C@@H]1CCCC[C@H]1C(C(=O)OCc1ccccc1)C(=O)OCc1ccccc1)c1cc([N+](=O)[O-])cc([N+](=O)[O-])c1. The Morgan fingerprint density at radius 3 is 1.71 bits per heavy atom. The van der Waals surface area contributed by atoms with Crippen LogP contribution < -0.4 is 5.32 Å².